The second kappa shape index (κ2) is 8.17. The molecule has 27 heavy (non-hydrogen) atoms. The van der Waals surface area contributed by atoms with E-state index in [9.17, 15) is 14.4 Å². The number of carbonyl (C=O) groups is 3. The number of rotatable bonds is 5. The standard InChI is InChI=1S/C20H32N2O5/c1-4-27-19(25)16-17(26-3)18(24)21(2)20(16)9-11-22(12-10-20)15(23)13-14-7-5-6-8-14/h14,16-17H,4-13H2,1-3H3/t16-,17+/m0/s1. The topological polar surface area (TPSA) is 76.2 Å². The van der Waals surface area contributed by atoms with Crippen LogP contribution in [0.4, 0.5) is 0 Å². The Hall–Kier alpha value is -1.63. The van der Waals surface area contributed by atoms with Gasteiger partial charge < -0.3 is 19.3 Å². The smallest absolute Gasteiger partial charge is 0.314 e. The lowest BCUT2D eigenvalue weighted by atomic mass is 9.76. The quantitative estimate of drug-likeness (QED) is 0.677. The van der Waals surface area contributed by atoms with Gasteiger partial charge in [0.25, 0.3) is 5.91 Å². The molecule has 0 aromatic rings. The van der Waals surface area contributed by atoms with Gasteiger partial charge in [-0.3, -0.25) is 14.4 Å². The molecule has 7 heteroatoms. The number of hydrogen-bond donors (Lipinski definition) is 0. The van der Waals surface area contributed by atoms with Gasteiger partial charge in [0.05, 0.1) is 12.1 Å². The second-order valence-electron chi connectivity index (χ2n) is 8.12. The van der Waals surface area contributed by atoms with Crippen LogP contribution >= 0.6 is 0 Å². The summed E-state index contributed by atoms with van der Waals surface area (Å²) in [4.78, 5) is 41.6. The first kappa shape index (κ1) is 20.1. The molecule has 2 heterocycles. The van der Waals surface area contributed by atoms with Crippen molar-refractivity contribution in [1.82, 2.24) is 9.80 Å². The molecular formula is C20H32N2O5. The number of esters is 1. The summed E-state index contributed by atoms with van der Waals surface area (Å²) in [5.74, 6) is -0.477. The molecule has 3 rings (SSSR count). The van der Waals surface area contributed by atoms with Crippen LogP contribution in [0.3, 0.4) is 0 Å². The van der Waals surface area contributed by atoms with E-state index in [1.165, 1.54) is 20.0 Å². The van der Waals surface area contributed by atoms with Gasteiger partial charge in [0.2, 0.25) is 5.91 Å². The van der Waals surface area contributed by atoms with E-state index in [0.717, 1.165) is 12.8 Å². The zero-order valence-corrected chi connectivity index (χ0v) is 16.7. The number of piperidine rings is 1. The minimum atomic E-state index is -0.810. The Balaban J connectivity index is 1.71. The minimum Gasteiger partial charge on any atom is -0.466 e. The van der Waals surface area contributed by atoms with Crippen LogP contribution in [0.25, 0.3) is 0 Å². The van der Waals surface area contributed by atoms with Crippen molar-refractivity contribution in [2.24, 2.45) is 11.8 Å². The largest absolute Gasteiger partial charge is 0.466 e. The number of carbonyl (C=O) groups excluding carboxylic acids is 3. The first-order chi connectivity index (χ1) is 12.9. The zero-order chi connectivity index (χ0) is 19.6. The van der Waals surface area contributed by atoms with E-state index in [1.54, 1.807) is 18.9 Å². The molecule has 0 aromatic heterocycles. The van der Waals surface area contributed by atoms with Crippen LogP contribution in [0.2, 0.25) is 0 Å². The third-order valence-corrected chi connectivity index (χ3v) is 6.84. The molecule has 1 aliphatic carbocycles. The number of methoxy groups -OCH3 is 1. The fourth-order valence-corrected chi connectivity index (χ4v) is 5.24. The first-order valence-corrected chi connectivity index (χ1v) is 10.2. The number of likely N-dealkylation sites (N-methyl/N-ethyl adjacent to an activating group) is 1. The molecule has 2 atom stereocenters. The summed E-state index contributed by atoms with van der Waals surface area (Å²) >= 11 is 0. The molecule has 0 bridgehead atoms. The van der Waals surface area contributed by atoms with Crippen molar-refractivity contribution in [2.75, 3.05) is 33.9 Å². The molecule has 3 fully saturated rings. The molecule has 1 saturated carbocycles. The Bertz CT molecular complexity index is 579. The summed E-state index contributed by atoms with van der Waals surface area (Å²) < 4.78 is 10.7. The lowest BCUT2D eigenvalue weighted by Crippen LogP contribution is -2.57. The molecule has 0 radical (unpaired) electrons. The Labute approximate surface area is 161 Å². The predicted octanol–water partition coefficient (Wildman–Crippen LogP) is 1.59. The highest BCUT2D eigenvalue weighted by atomic mass is 16.5. The van der Waals surface area contributed by atoms with Gasteiger partial charge in [0.1, 0.15) is 5.92 Å². The molecular weight excluding hydrogens is 348 g/mol. The highest BCUT2D eigenvalue weighted by Crippen LogP contribution is 2.44. The van der Waals surface area contributed by atoms with Crippen LogP contribution in [0.15, 0.2) is 0 Å². The summed E-state index contributed by atoms with van der Waals surface area (Å²) in [7, 11) is 3.20. The van der Waals surface area contributed by atoms with E-state index >= 15 is 0 Å². The summed E-state index contributed by atoms with van der Waals surface area (Å²) in [6.45, 7) is 3.16. The summed E-state index contributed by atoms with van der Waals surface area (Å²) in [5.41, 5.74) is -0.631. The molecule has 2 aliphatic heterocycles. The van der Waals surface area contributed by atoms with E-state index in [0.29, 0.717) is 38.3 Å². The molecule has 152 valence electrons. The van der Waals surface area contributed by atoms with Gasteiger partial charge in [0.15, 0.2) is 6.10 Å². The fraction of sp³-hybridized carbons (Fsp3) is 0.850. The fourth-order valence-electron chi connectivity index (χ4n) is 5.24. The Kier molecular flexibility index (Phi) is 6.08. The average Bonchev–Trinajstić information content (AvgIpc) is 3.24. The number of hydrogen-bond acceptors (Lipinski definition) is 5. The van der Waals surface area contributed by atoms with Crippen LogP contribution < -0.4 is 0 Å². The summed E-state index contributed by atoms with van der Waals surface area (Å²) in [5, 5.41) is 0. The molecule has 3 aliphatic rings. The number of amides is 2. The predicted molar refractivity (Wildman–Crippen MR) is 98.8 cm³/mol. The lowest BCUT2D eigenvalue weighted by Gasteiger charge is -2.45. The number of nitrogens with zero attached hydrogens (tertiary/aromatic N) is 2. The monoisotopic (exact) mass is 380 g/mol. The van der Waals surface area contributed by atoms with Gasteiger partial charge in [-0.05, 0) is 38.5 Å². The van der Waals surface area contributed by atoms with Crippen molar-refractivity contribution in [3.8, 4) is 0 Å². The maximum Gasteiger partial charge on any atom is 0.314 e. The SMILES string of the molecule is CCOC(=O)[C@@H]1[C@@H](OC)C(=O)N(C)C12CCN(C(=O)CC1CCCC1)CC2. The molecule has 0 unspecified atom stereocenters. The highest BCUT2D eigenvalue weighted by Gasteiger charge is 2.61. The second-order valence-corrected chi connectivity index (χ2v) is 8.12. The van der Waals surface area contributed by atoms with E-state index in [2.05, 4.69) is 0 Å². The van der Waals surface area contributed by atoms with Crippen molar-refractivity contribution in [2.45, 2.75) is 63.5 Å². The Morgan fingerprint density at radius 2 is 1.81 bits per heavy atom. The molecule has 7 nitrogen and oxygen atoms in total. The maximum atomic E-state index is 12.7. The van der Waals surface area contributed by atoms with Crippen molar-refractivity contribution in [3.05, 3.63) is 0 Å². The van der Waals surface area contributed by atoms with E-state index in [4.69, 9.17) is 9.47 Å². The summed E-state index contributed by atoms with van der Waals surface area (Å²) in [6, 6.07) is 0. The van der Waals surface area contributed by atoms with Crippen LogP contribution in [0.5, 0.6) is 0 Å². The van der Waals surface area contributed by atoms with Crippen LogP contribution in [-0.4, -0.2) is 73.1 Å². The van der Waals surface area contributed by atoms with Crippen molar-refractivity contribution in [3.63, 3.8) is 0 Å². The first-order valence-electron chi connectivity index (χ1n) is 10.2. The Morgan fingerprint density at radius 1 is 1.19 bits per heavy atom. The van der Waals surface area contributed by atoms with Crippen LogP contribution in [-0.2, 0) is 23.9 Å². The van der Waals surface area contributed by atoms with Crippen molar-refractivity contribution in [1.29, 1.82) is 0 Å². The molecule has 2 saturated heterocycles. The lowest BCUT2D eigenvalue weighted by molar-refractivity contribution is -0.157. The van der Waals surface area contributed by atoms with Crippen LogP contribution in [0, 0.1) is 11.8 Å². The number of likely N-dealkylation sites (tertiary alicyclic amines) is 2. The van der Waals surface area contributed by atoms with E-state index in [-0.39, 0.29) is 24.4 Å². The zero-order valence-electron chi connectivity index (χ0n) is 16.7. The Morgan fingerprint density at radius 3 is 2.37 bits per heavy atom. The third-order valence-electron chi connectivity index (χ3n) is 6.84. The highest BCUT2D eigenvalue weighted by molar-refractivity contribution is 5.93. The van der Waals surface area contributed by atoms with Crippen molar-refractivity contribution < 1.29 is 23.9 Å². The van der Waals surface area contributed by atoms with Gasteiger partial charge >= 0.3 is 5.97 Å². The van der Waals surface area contributed by atoms with Gasteiger partial charge in [-0.25, -0.2) is 0 Å². The summed E-state index contributed by atoms with van der Waals surface area (Å²) in [6.07, 6.45) is 5.74. The van der Waals surface area contributed by atoms with E-state index < -0.39 is 17.6 Å². The number of ether oxygens (including phenoxy) is 2. The van der Waals surface area contributed by atoms with Gasteiger partial charge in [0, 0.05) is 33.7 Å². The third kappa shape index (κ3) is 3.58. The maximum absolute atomic E-state index is 12.7. The van der Waals surface area contributed by atoms with Crippen LogP contribution in [0.1, 0.15) is 51.9 Å². The average molecular weight is 380 g/mol. The van der Waals surface area contributed by atoms with Gasteiger partial charge in [-0.1, -0.05) is 12.8 Å². The molecule has 1 spiro atoms. The minimum absolute atomic E-state index is 0.179. The van der Waals surface area contributed by atoms with E-state index in [1.807, 2.05) is 4.90 Å². The van der Waals surface area contributed by atoms with Crippen molar-refractivity contribution >= 4 is 17.8 Å². The molecule has 0 N–H and O–H groups in total. The normalized spacial score (nSPS) is 28.2. The van der Waals surface area contributed by atoms with Gasteiger partial charge in [-0.15, -0.1) is 0 Å². The molecule has 2 amide bonds. The molecule has 0 aromatic carbocycles. The van der Waals surface area contributed by atoms with Gasteiger partial charge in [-0.2, -0.15) is 0 Å².